The lowest BCUT2D eigenvalue weighted by Crippen LogP contribution is -2.28. The van der Waals surface area contributed by atoms with E-state index in [0.29, 0.717) is 0 Å². The Morgan fingerprint density at radius 2 is 2.20 bits per heavy atom. The Hall–Kier alpha value is -0.240. The molecule has 0 aromatic carbocycles. The molecule has 0 saturated heterocycles. The molecule has 0 heterocycles. The fourth-order valence-corrected chi connectivity index (χ4v) is 1.76. The van der Waals surface area contributed by atoms with Crippen LogP contribution in [0, 0.1) is 5.92 Å². The fourth-order valence-electron chi connectivity index (χ4n) is 1.39. The summed E-state index contributed by atoms with van der Waals surface area (Å²) in [5, 5.41) is 0.172. The summed E-state index contributed by atoms with van der Waals surface area (Å²) < 4.78 is 0. The predicted octanol–water partition coefficient (Wildman–Crippen LogP) is 1.27. The van der Waals surface area contributed by atoms with Crippen LogP contribution >= 0.6 is 11.6 Å². The largest absolute Gasteiger partial charge is 0.369 e. The lowest BCUT2D eigenvalue weighted by Gasteiger charge is -2.22. The van der Waals surface area contributed by atoms with E-state index >= 15 is 0 Å². The Kier molecular flexibility index (Phi) is 2.55. The molecule has 1 rings (SSSR count). The molecule has 1 fully saturated rings. The van der Waals surface area contributed by atoms with E-state index in [1.807, 2.05) is 0 Å². The zero-order valence-corrected chi connectivity index (χ0v) is 6.60. The molecule has 10 heavy (non-hydrogen) atoms. The Balaban J connectivity index is 2.39. The molecule has 58 valence electrons. The maximum atomic E-state index is 10.7. The summed E-state index contributed by atoms with van der Waals surface area (Å²) in [6.45, 7) is 0. The molecule has 3 heteroatoms. The van der Waals surface area contributed by atoms with Crippen LogP contribution in [0.5, 0.6) is 0 Å². The SMILES string of the molecule is NC(=O)C1CCCC(Cl)C1. The van der Waals surface area contributed by atoms with Crippen molar-refractivity contribution < 1.29 is 4.79 Å². The van der Waals surface area contributed by atoms with Crippen LogP contribution in [-0.4, -0.2) is 11.3 Å². The first-order valence-corrected chi connectivity index (χ1v) is 4.07. The van der Waals surface area contributed by atoms with Crippen LogP contribution in [0.1, 0.15) is 25.7 Å². The molecule has 1 aliphatic rings. The number of halogens is 1. The first-order valence-electron chi connectivity index (χ1n) is 3.63. The zero-order chi connectivity index (χ0) is 7.56. The Bertz CT molecular complexity index is 138. The van der Waals surface area contributed by atoms with Crippen LogP contribution in [-0.2, 0) is 4.79 Å². The minimum atomic E-state index is -0.189. The molecule has 0 aromatic rings. The molecule has 1 amide bonds. The average molecular weight is 162 g/mol. The van der Waals surface area contributed by atoms with Gasteiger partial charge in [0, 0.05) is 11.3 Å². The van der Waals surface area contributed by atoms with Crippen molar-refractivity contribution in [2.45, 2.75) is 31.1 Å². The topological polar surface area (TPSA) is 43.1 Å². The van der Waals surface area contributed by atoms with Crippen LogP contribution in [0.3, 0.4) is 0 Å². The van der Waals surface area contributed by atoms with E-state index in [0.717, 1.165) is 25.7 Å². The van der Waals surface area contributed by atoms with Crippen molar-refractivity contribution >= 4 is 17.5 Å². The molecule has 2 unspecified atom stereocenters. The van der Waals surface area contributed by atoms with Gasteiger partial charge in [-0.3, -0.25) is 4.79 Å². The summed E-state index contributed by atoms with van der Waals surface area (Å²) in [5.41, 5.74) is 5.13. The van der Waals surface area contributed by atoms with Gasteiger partial charge in [0.2, 0.25) is 5.91 Å². The van der Waals surface area contributed by atoms with E-state index < -0.39 is 0 Å². The highest BCUT2D eigenvalue weighted by molar-refractivity contribution is 6.20. The van der Waals surface area contributed by atoms with Crippen LogP contribution in [0.15, 0.2) is 0 Å². The maximum Gasteiger partial charge on any atom is 0.220 e. The summed E-state index contributed by atoms with van der Waals surface area (Å²) in [5.74, 6) is -0.151. The first kappa shape index (κ1) is 7.86. The second kappa shape index (κ2) is 3.24. The van der Waals surface area contributed by atoms with Crippen molar-refractivity contribution in [2.75, 3.05) is 0 Å². The first-order chi connectivity index (χ1) is 4.70. The van der Waals surface area contributed by atoms with Crippen LogP contribution in [0.25, 0.3) is 0 Å². The molecule has 2 nitrogen and oxygen atoms in total. The number of primary amides is 1. The molecule has 2 N–H and O–H groups in total. The van der Waals surface area contributed by atoms with Crippen molar-refractivity contribution in [3.05, 3.63) is 0 Å². The summed E-state index contributed by atoms with van der Waals surface area (Å²) in [6.07, 6.45) is 3.78. The van der Waals surface area contributed by atoms with Crippen molar-refractivity contribution in [3.8, 4) is 0 Å². The molecule has 0 bridgehead atoms. The van der Waals surface area contributed by atoms with Crippen molar-refractivity contribution in [2.24, 2.45) is 11.7 Å². The number of carbonyl (C=O) groups is 1. The number of hydrogen-bond acceptors (Lipinski definition) is 1. The van der Waals surface area contributed by atoms with Gasteiger partial charge in [0.05, 0.1) is 0 Å². The van der Waals surface area contributed by atoms with Gasteiger partial charge in [-0.25, -0.2) is 0 Å². The smallest absolute Gasteiger partial charge is 0.220 e. The van der Waals surface area contributed by atoms with Gasteiger partial charge in [-0.2, -0.15) is 0 Å². The molecule has 1 aliphatic carbocycles. The van der Waals surface area contributed by atoms with Crippen LogP contribution in [0.4, 0.5) is 0 Å². The number of nitrogens with two attached hydrogens (primary N) is 1. The molecule has 0 aromatic heterocycles. The Morgan fingerprint density at radius 1 is 1.50 bits per heavy atom. The van der Waals surface area contributed by atoms with Gasteiger partial charge in [0.15, 0.2) is 0 Å². The highest BCUT2D eigenvalue weighted by Gasteiger charge is 2.23. The average Bonchev–Trinajstić information content (AvgIpc) is 1.88. The molecule has 0 spiro atoms. The van der Waals surface area contributed by atoms with Crippen LogP contribution < -0.4 is 5.73 Å². The number of carbonyl (C=O) groups excluding carboxylic acids is 1. The minimum Gasteiger partial charge on any atom is -0.369 e. The van der Waals surface area contributed by atoms with Crippen LogP contribution in [0.2, 0.25) is 0 Å². The summed E-state index contributed by atoms with van der Waals surface area (Å²) >= 11 is 5.85. The van der Waals surface area contributed by atoms with Crippen molar-refractivity contribution in [1.29, 1.82) is 0 Å². The van der Waals surface area contributed by atoms with Gasteiger partial charge in [-0.05, 0) is 19.3 Å². The molecule has 0 radical (unpaired) electrons. The molecular formula is C7H12ClNO. The van der Waals surface area contributed by atoms with E-state index in [4.69, 9.17) is 17.3 Å². The van der Waals surface area contributed by atoms with E-state index in [1.165, 1.54) is 0 Å². The van der Waals surface area contributed by atoms with Gasteiger partial charge in [0.25, 0.3) is 0 Å². The number of rotatable bonds is 1. The van der Waals surface area contributed by atoms with Crippen molar-refractivity contribution in [3.63, 3.8) is 0 Å². The Labute approximate surface area is 65.7 Å². The van der Waals surface area contributed by atoms with E-state index in [1.54, 1.807) is 0 Å². The third-order valence-electron chi connectivity index (χ3n) is 2.01. The minimum absolute atomic E-state index is 0.0382. The van der Waals surface area contributed by atoms with E-state index in [9.17, 15) is 4.79 Å². The highest BCUT2D eigenvalue weighted by Crippen LogP contribution is 2.27. The number of amides is 1. The van der Waals surface area contributed by atoms with Gasteiger partial charge in [-0.15, -0.1) is 11.6 Å². The third kappa shape index (κ3) is 1.87. The van der Waals surface area contributed by atoms with E-state index in [2.05, 4.69) is 0 Å². The molecule has 0 aliphatic heterocycles. The quantitative estimate of drug-likeness (QED) is 0.579. The lowest BCUT2D eigenvalue weighted by atomic mass is 9.88. The Morgan fingerprint density at radius 3 is 2.60 bits per heavy atom. The molecule has 2 atom stereocenters. The molecule has 1 saturated carbocycles. The maximum absolute atomic E-state index is 10.7. The van der Waals surface area contributed by atoms with Crippen molar-refractivity contribution in [1.82, 2.24) is 0 Å². The summed E-state index contributed by atoms with van der Waals surface area (Å²) in [6, 6.07) is 0. The standard InChI is InChI=1S/C7H12ClNO/c8-6-3-1-2-5(4-6)7(9)10/h5-6H,1-4H2,(H2,9,10). The van der Waals surface area contributed by atoms with E-state index in [-0.39, 0.29) is 17.2 Å². The second-order valence-corrected chi connectivity index (χ2v) is 3.48. The second-order valence-electron chi connectivity index (χ2n) is 2.86. The molecular weight excluding hydrogens is 150 g/mol. The van der Waals surface area contributed by atoms with Gasteiger partial charge in [-0.1, -0.05) is 6.42 Å². The highest BCUT2D eigenvalue weighted by atomic mass is 35.5. The monoisotopic (exact) mass is 161 g/mol. The predicted molar refractivity (Wildman–Crippen MR) is 40.8 cm³/mol. The summed E-state index contributed by atoms with van der Waals surface area (Å²) in [7, 11) is 0. The fraction of sp³-hybridized carbons (Fsp3) is 0.857. The summed E-state index contributed by atoms with van der Waals surface area (Å²) in [4.78, 5) is 10.7. The van der Waals surface area contributed by atoms with Gasteiger partial charge < -0.3 is 5.73 Å². The lowest BCUT2D eigenvalue weighted by molar-refractivity contribution is -0.122. The normalized spacial score (nSPS) is 33.7. The number of hydrogen-bond donors (Lipinski definition) is 1. The van der Waals surface area contributed by atoms with Gasteiger partial charge >= 0.3 is 0 Å². The zero-order valence-electron chi connectivity index (χ0n) is 5.85. The number of alkyl halides is 1. The third-order valence-corrected chi connectivity index (χ3v) is 2.41. The van der Waals surface area contributed by atoms with Gasteiger partial charge in [0.1, 0.15) is 0 Å².